The van der Waals surface area contributed by atoms with Gasteiger partial charge in [0.25, 0.3) is 0 Å². The van der Waals surface area contributed by atoms with Crippen molar-refractivity contribution in [2.24, 2.45) is 0 Å². The van der Waals surface area contributed by atoms with Crippen LogP contribution >= 0.6 is 0 Å². The molecule has 1 aliphatic carbocycles. The Morgan fingerprint density at radius 3 is 2.48 bits per heavy atom. The van der Waals surface area contributed by atoms with Crippen molar-refractivity contribution in [1.82, 2.24) is 5.32 Å². The summed E-state index contributed by atoms with van der Waals surface area (Å²) in [7, 11) is 3.33. The molecule has 0 radical (unpaired) electrons. The zero-order valence-corrected chi connectivity index (χ0v) is 14.2. The third kappa shape index (κ3) is 3.18. The Hall–Kier alpha value is -1.30. The minimum absolute atomic E-state index is 0.105. The van der Waals surface area contributed by atoms with Crippen LogP contribution in [0.2, 0.25) is 0 Å². The monoisotopic (exact) mass is 321 g/mol. The minimum atomic E-state index is -0.309. The van der Waals surface area contributed by atoms with Crippen LogP contribution in [0.15, 0.2) is 18.2 Å². The first kappa shape index (κ1) is 16.6. The highest BCUT2D eigenvalue weighted by atomic mass is 16.5. The molecule has 128 valence electrons. The molecule has 1 aliphatic heterocycles. The fraction of sp³-hybridized carbons (Fsp3) is 0.667. The van der Waals surface area contributed by atoms with Gasteiger partial charge in [-0.15, -0.1) is 0 Å². The second-order valence-corrected chi connectivity index (χ2v) is 7.02. The average molecular weight is 321 g/mol. The predicted molar refractivity (Wildman–Crippen MR) is 88.1 cm³/mol. The Balaban J connectivity index is 1.68. The molecule has 1 aromatic rings. The number of ether oxygens (including phenoxy) is 3. The van der Waals surface area contributed by atoms with Crippen LogP contribution in [0.3, 0.4) is 0 Å². The Morgan fingerprint density at radius 1 is 1.22 bits per heavy atom. The van der Waals surface area contributed by atoms with Gasteiger partial charge in [-0.1, -0.05) is 6.07 Å². The molecule has 1 saturated carbocycles. The molecule has 1 heterocycles. The molecule has 0 unspecified atom stereocenters. The molecule has 2 aliphatic rings. The number of methoxy groups -OCH3 is 2. The Kier molecular flexibility index (Phi) is 4.54. The Bertz CT molecular complexity index is 554. The van der Waals surface area contributed by atoms with E-state index in [1.165, 1.54) is 5.56 Å². The minimum Gasteiger partial charge on any atom is -0.493 e. The largest absolute Gasteiger partial charge is 0.493 e. The molecule has 5 nitrogen and oxygen atoms in total. The topological polar surface area (TPSA) is 60.0 Å². The van der Waals surface area contributed by atoms with Crippen LogP contribution in [0.25, 0.3) is 0 Å². The lowest BCUT2D eigenvalue weighted by atomic mass is 9.79. The standard InChI is InChI=1S/C18H27NO4/c1-17(11-20)12-23-18(19-17)8-6-13(7-9-18)14-4-5-15(21-2)16(10-14)22-3/h4-5,10,13,19-20H,6-9,11-12H2,1-3H3/t13?,17-,18?/m0/s1. The molecule has 1 spiro atoms. The van der Waals surface area contributed by atoms with Crippen molar-refractivity contribution in [1.29, 1.82) is 0 Å². The number of nitrogens with one attached hydrogen (secondary N) is 1. The number of hydrogen-bond donors (Lipinski definition) is 2. The summed E-state index contributed by atoms with van der Waals surface area (Å²) >= 11 is 0. The van der Waals surface area contributed by atoms with Gasteiger partial charge in [-0.2, -0.15) is 0 Å². The van der Waals surface area contributed by atoms with Gasteiger partial charge in [0.05, 0.1) is 33.0 Å². The van der Waals surface area contributed by atoms with Crippen LogP contribution in [0.1, 0.15) is 44.1 Å². The zero-order valence-electron chi connectivity index (χ0n) is 14.2. The van der Waals surface area contributed by atoms with Crippen molar-refractivity contribution in [3.63, 3.8) is 0 Å². The summed E-state index contributed by atoms with van der Waals surface area (Å²) in [5.41, 5.74) is 0.723. The first-order valence-electron chi connectivity index (χ1n) is 8.29. The van der Waals surface area contributed by atoms with Crippen molar-refractivity contribution < 1.29 is 19.3 Å². The summed E-state index contributed by atoms with van der Waals surface area (Å²) in [4.78, 5) is 0. The first-order chi connectivity index (χ1) is 11.0. The van der Waals surface area contributed by atoms with Gasteiger partial charge in [0, 0.05) is 0 Å². The van der Waals surface area contributed by atoms with Gasteiger partial charge < -0.3 is 19.3 Å². The van der Waals surface area contributed by atoms with Crippen molar-refractivity contribution in [2.75, 3.05) is 27.4 Å². The SMILES string of the molecule is COc1ccc(C2CCC3(CC2)N[C@@](C)(CO)CO3)cc1OC. The maximum absolute atomic E-state index is 9.51. The normalized spacial score (nSPS) is 33.8. The van der Waals surface area contributed by atoms with E-state index in [4.69, 9.17) is 14.2 Å². The third-order valence-corrected chi connectivity index (χ3v) is 5.22. The molecule has 1 aromatic carbocycles. The molecule has 0 aromatic heterocycles. The van der Waals surface area contributed by atoms with Gasteiger partial charge in [-0.3, -0.25) is 5.32 Å². The molecule has 1 saturated heterocycles. The van der Waals surface area contributed by atoms with Crippen LogP contribution in [0.5, 0.6) is 11.5 Å². The summed E-state index contributed by atoms with van der Waals surface area (Å²) in [5.74, 6) is 2.06. The van der Waals surface area contributed by atoms with Crippen LogP contribution in [0, 0.1) is 0 Å². The molecular weight excluding hydrogens is 294 g/mol. The van der Waals surface area contributed by atoms with Crippen LogP contribution < -0.4 is 14.8 Å². The molecular formula is C18H27NO4. The molecule has 0 amide bonds. The van der Waals surface area contributed by atoms with Crippen molar-refractivity contribution in [3.8, 4) is 11.5 Å². The van der Waals surface area contributed by atoms with Gasteiger partial charge >= 0.3 is 0 Å². The van der Waals surface area contributed by atoms with Gasteiger partial charge in [0.15, 0.2) is 11.5 Å². The summed E-state index contributed by atoms with van der Waals surface area (Å²) in [6.07, 6.45) is 4.04. The number of aliphatic hydroxyl groups is 1. The number of rotatable bonds is 4. The van der Waals surface area contributed by atoms with Gasteiger partial charge in [-0.25, -0.2) is 0 Å². The van der Waals surface area contributed by atoms with E-state index in [9.17, 15) is 5.11 Å². The van der Waals surface area contributed by atoms with Crippen LogP contribution in [-0.4, -0.2) is 43.8 Å². The number of aliphatic hydroxyl groups excluding tert-OH is 1. The highest BCUT2D eigenvalue weighted by Gasteiger charge is 2.47. The van der Waals surface area contributed by atoms with Gasteiger partial charge in [-0.05, 0) is 56.2 Å². The van der Waals surface area contributed by atoms with E-state index in [0.717, 1.165) is 37.2 Å². The summed E-state index contributed by atoms with van der Waals surface area (Å²) in [6.45, 7) is 2.69. The van der Waals surface area contributed by atoms with E-state index < -0.39 is 0 Å². The second kappa shape index (κ2) is 6.30. The third-order valence-electron chi connectivity index (χ3n) is 5.22. The van der Waals surface area contributed by atoms with Crippen molar-refractivity contribution in [2.45, 2.75) is 49.8 Å². The smallest absolute Gasteiger partial charge is 0.160 e. The van der Waals surface area contributed by atoms with Crippen LogP contribution in [0.4, 0.5) is 0 Å². The highest BCUT2D eigenvalue weighted by Crippen LogP contribution is 2.43. The van der Waals surface area contributed by atoms with E-state index in [-0.39, 0.29) is 17.9 Å². The summed E-state index contributed by atoms with van der Waals surface area (Å²) in [6, 6.07) is 6.19. The fourth-order valence-corrected chi connectivity index (χ4v) is 3.80. The Morgan fingerprint density at radius 2 is 1.91 bits per heavy atom. The number of benzene rings is 1. The molecule has 0 bridgehead atoms. The Labute approximate surface area is 137 Å². The lowest BCUT2D eigenvalue weighted by Crippen LogP contribution is -2.53. The molecule has 3 rings (SSSR count). The van der Waals surface area contributed by atoms with E-state index in [2.05, 4.69) is 17.4 Å². The average Bonchev–Trinajstić information content (AvgIpc) is 2.92. The predicted octanol–water partition coefficient (Wildman–Crippen LogP) is 2.43. The van der Waals surface area contributed by atoms with Crippen molar-refractivity contribution >= 4 is 0 Å². The lowest BCUT2D eigenvalue weighted by molar-refractivity contribution is -0.0421. The summed E-state index contributed by atoms with van der Waals surface area (Å²) in [5, 5.41) is 13.0. The second-order valence-electron chi connectivity index (χ2n) is 7.02. The maximum Gasteiger partial charge on any atom is 0.160 e. The fourth-order valence-electron chi connectivity index (χ4n) is 3.80. The quantitative estimate of drug-likeness (QED) is 0.892. The van der Waals surface area contributed by atoms with E-state index in [0.29, 0.717) is 12.5 Å². The highest BCUT2D eigenvalue weighted by molar-refractivity contribution is 5.44. The van der Waals surface area contributed by atoms with E-state index in [1.807, 2.05) is 13.0 Å². The molecule has 5 heteroatoms. The lowest BCUT2D eigenvalue weighted by Gasteiger charge is -2.38. The zero-order chi connectivity index (χ0) is 16.5. The van der Waals surface area contributed by atoms with E-state index >= 15 is 0 Å². The molecule has 23 heavy (non-hydrogen) atoms. The molecule has 1 atom stereocenters. The van der Waals surface area contributed by atoms with Crippen LogP contribution in [-0.2, 0) is 4.74 Å². The van der Waals surface area contributed by atoms with Crippen molar-refractivity contribution in [3.05, 3.63) is 23.8 Å². The maximum atomic E-state index is 9.51. The number of hydrogen-bond acceptors (Lipinski definition) is 5. The van der Waals surface area contributed by atoms with E-state index in [1.54, 1.807) is 14.2 Å². The summed E-state index contributed by atoms with van der Waals surface area (Å²) < 4.78 is 16.8. The van der Waals surface area contributed by atoms with Gasteiger partial charge in [0.1, 0.15) is 5.72 Å². The molecule has 2 fully saturated rings. The molecule has 2 N–H and O–H groups in total. The first-order valence-corrected chi connectivity index (χ1v) is 8.29. The van der Waals surface area contributed by atoms with Gasteiger partial charge in [0.2, 0.25) is 0 Å².